The Hall–Kier alpha value is -3.69. The number of hydrogen-bond donors (Lipinski definition) is 1. The van der Waals surface area contributed by atoms with Crippen LogP contribution in [0.15, 0.2) is 41.8 Å². The van der Waals surface area contributed by atoms with E-state index in [0.29, 0.717) is 10.6 Å². The van der Waals surface area contributed by atoms with Gasteiger partial charge in [-0.2, -0.15) is 10.5 Å². The first kappa shape index (κ1) is 21.6. The molecule has 29 heavy (non-hydrogen) atoms. The average Bonchev–Trinajstić information content (AvgIpc) is 3.27. The summed E-state index contributed by atoms with van der Waals surface area (Å²) in [6.45, 7) is -0.168. The van der Waals surface area contributed by atoms with Crippen LogP contribution in [0.25, 0.3) is 0 Å². The number of amides is 2. The molecule has 0 atom stereocenters. The Morgan fingerprint density at radius 2 is 1.79 bits per heavy atom. The van der Waals surface area contributed by atoms with E-state index in [9.17, 15) is 14.4 Å². The van der Waals surface area contributed by atoms with Gasteiger partial charge < -0.3 is 15.0 Å². The zero-order chi connectivity index (χ0) is 21.1. The fraction of sp³-hybridized carbons (Fsp3) is 0.250. The molecule has 9 heteroatoms. The number of thiophene rings is 1. The first-order valence-corrected chi connectivity index (χ1v) is 9.57. The van der Waals surface area contributed by atoms with Gasteiger partial charge in [-0.1, -0.05) is 12.1 Å². The van der Waals surface area contributed by atoms with Crippen LogP contribution in [0, 0.1) is 22.7 Å². The number of nitriles is 2. The summed E-state index contributed by atoms with van der Waals surface area (Å²) in [6, 6.07) is 13.5. The molecule has 148 valence electrons. The first-order chi connectivity index (χ1) is 14.0. The molecule has 0 aliphatic heterocycles. The average molecular weight is 410 g/mol. The first-order valence-electron chi connectivity index (χ1n) is 8.69. The fourth-order valence-electron chi connectivity index (χ4n) is 2.36. The number of benzene rings is 1. The molecule has 1 heterocycles. The normalized spacial score (nSPS) is 9.72. The van der Waals surface area contributed by atoms with Gasteiger partial charge in [-0.25, -0.2) is 4.79 Å². The van der Waals surface area contributed by atoms with Gasteiger partial charge >= 0.3 is 5.97 Å². The maximum absolute atomic E-state index is 12.3. The largest absolute Gasteiger partial charge is 0.452 e. The molecule has 0 saturated heterocycles. The van der Waals surface area contributed by atoms with Crippen molar-refractivity contribution in [2.24, 2.45) is 0 Å². The number of carbonyl (C=O) groups is 3. The Morgan fingerprint density at radius 3 is 2.41 bits per heavy atom. The van der Waals surface area contributed by atoms with Gasteiger partial charge in [-0.15, -0.1) is 11.3 Å². The van der Waals surface area contributed by atoms with Crippen LogP contribution < -0.4 is 5.32 Å². The van der Waals surface area contributed by atoms with Crippen LogP contribution in [0.4, 0.5) is 5.69 Å². The molecule has 1 N–H and O–H groups in total. The summed E-state index contributed by atoms with van der Waals surface area (Å²) in [5.74, 6) is -1.48. The zero-order valence-electron chi connectivity index (χ0n) is 15.5. The van der Waals surface area contributed by atoms with Gasteiger partial charge in [-0.3, -0.25) is 9.59 Å². The number of nitrogens with one attached hydrogen (secondary N) is 1. The fourth-order valence-corrected chi connectivity index (χ4v) is 2.98. The molecule has 8 nitrogen and oxygen atoms in total. The molecule has 1 aromatic heterocycles. The second-order valence-electron chi connectivity index (χ2n) is 5.79. The van der Waals surface area contributed by atoms with E-state index in [1.807, 2.05) is 12.1 Å². The maximum atomic E-state index is 12.3. The van der Waals surface area contributed by atoms with E-state index in [1.54, 1.807) is 29.6 Å². The van der Waals surface area contributed by atoms with Crippen molar-refractivity contribution >= 4 is 34.8 Å². The number of nitrogens with zero attached hydrogens (tertiary/aromatic N) is 3. The molecule has 1 aromatic carbocycles. The minimum Gasteiger partial charge on any atom is -0.452 e. The lowest BCUT2D eigenvalue weighted by atomic mass is 10.2. The summed E-state index contributed by atoms with van der Waals surface area (Å²) in [5, 5.41) is 21.8. The van der Waals surface area contributed by atoms with Crippen molar-refractivity contribution in [1.29, 1.82) is 10.5 Å². The smallest absolute Gasteiger partial charge is 0.338 e. The number of hydrogen-bond acceptors (Lipinski definition) is 7. The molecule has 2 rings (SSSR count). The molecule has 2 amide bonds. The third kappa shape index (κ3) is 6.76. The van der Waals surface area contributed by atoms with Gasteiger partial charge in [0.25, 0.3) is 11.8 Å². The third-order valence-corrected chi connectivity index (χ3v) is 4.64. The van der Waals surface area contributed by atoms with Crippen molar-refractivity contribution in [2.45, 2.75) is 12.8 Å². The highest BCUT2D eigenvalue weighted by Crippen LogP contribution is 2.15. The quantitative estimate of drug-likeness (QED) is 0.634. The lowest BCUT2D eigenvalue weighted by Crippen LogP contribution is -2.36. The standard InChI is InChI=1S/C20H18N4O4S/c21-8-3-10-24(11-4-9-22)18(25)14-28-20(27)15-5-1-6-16(13-15)23-19(26)17-7-2-12-29-17/h1-2,5-7,12-13H,3-4,10-11,14H2,(H,23,26). The van der Waals surface area contributed by atoms with Crippen molar-refractivity contribution in [3.05, 3.63) is 52.2 Å². The molecule has 0 bridgehead atoms. The van der Waals surface area contributed by atoms with Gasteiger partial charge in [0.05, 0.1) is 35.4 Å². The molecule has 0 unspecified atom stereocenters. The summed E-state index contributed by atoms with van der Waals surface area (Å²) in [6.07, 6.45) is 0.244. The molecule has 0 aliphatic carbocycles. The minimum absolute atomic E-state index is 0.122. The molecule has 0 spiro atoms. The van der Waals surface area contributed by atoms with E-state index >= 15 is 0 Å². The van der Waals surface area contributed by atoms with Crippen molar-refractivity contribution in [2.75, 3.05) is 25.0 Å². The van der Waals surface area contributed by atoms with Crippen LogP contribution >= 0.6 is 11.3 Å². The minimum atomic E-state index is -0.717. The number of carbonyl (C=O) groups excluding carboxylic acids is 3. The highest BCUT2D eigenvalue weighted by molar-refractivity contribution is 7.12. The number of ether oxygens (including phenoxy) is 1. The van der Waals surface area contributed by atoms with Gasteiger partial charge in [-0.05, 0) is 29.6 Å². The van der Waals surface area contributed by atoms with Crippen molar-refractivity contribution in [3.63, 3.8) is 0 Å². The van der Waals surface area contributed by atoms with Crippen molar-refractivity contribution in [1.82, 2.24) is 4.90 Å². The summed E-state index contributed by atoms with van der Waals surface area (Å²) in [4.78, 5) is 38.4. The van der Waals surface area contributed by atoms with E-state index < -0.39 is 18.5 Å². The van der Waals surface area contributed by atoms with Gasteiger partial charge in [0, 0.05) is 18.8 Å². The third-order valence-electron chi connectivity index (χ3n) is 3.77. The van der Waals surface area contributed by atoms with Crippen LogP contribution in [0.2, 0.25) is 0 Å². The SMILES string of the molecule is N#CCCN(CCC#N)C(=O)COC(=O)c1cccc(NC(=O)c2cccs2)c1. The maximum Gasteiger partial charge on any atom is 0.338 e. The number of esters is 1. The second-order valence-corrected chi connectivity index (χ2v) is 6.73. The molecule has 0 aliphatic rings. The summed E-state index contributed by atoms with van der Waals surface area (Å²) in [5.41, 5.74) is 0.608. The predicted molar refractivity (Wildman–Crippen MR) is 106 cm³/mol. The van der Waals surface area contributed by atoms with Gasteiger partial charge in [0.1, 0.15) is 0 Å². The molecule has 0 saturated carbocycles. The van der Waals surface area contributed by atoms with Crippen LogP contribution in [0.1, 0.15) is 32.9 Å². The highest BCUT2D eigenvalue weighted by atomic mass is 32.1. The predicted octanol–water partition coefficient (Wildman–Crippen LogP) is 2.81. The van der Waals surface area contributed by atoms with Crippen LogP contribution in [0.5, 0.6) is 0 Å². The number of rotatable bonds is 9. The van der Waals surface area contributed by atoms with Gasteiger partial charge in [0.2, 0.25) is 0 Å². The topological polar surface area (TPSA) is 123 Å². The van der Waals surface area contributed by atoms with E-state index in [-0.39, 0.29) is 37.4 Å². The molecule has 2 aromatic rings. The highest BCUT2D eigenvalue weighted by Gasteiger charge is 2.17. The Bertz CT molecular complexity index is 926. The van der Waals surface area contributed by atoms with Gasteiger partial charge in [0.15, 0.2) is 6.61 Å². The van der Waals surface area contributed by atoms with Crippen LogP contribution in [-0.4, -0.2) is 42.4 Å². The van der Waals surface area contributed by atoms with Crippen LogP contribution in [-0.2, 0) is 9.53 Å². The van der Waals surface area contributed by atoms with E-state index in [0.717, 1.165) is 0 Å². The van der Waals surface area contributed by atoms with Crippen molar-refractivity contribution < 1.29 is 19.1 Å². The Balaban J connectivity index is 1.94. The molecular formula is C20H18N4O4S. The Labute approximate surface area is 171 Å². The van der Waals surface area contributed by atoms with E-state index in [1.165, 1.54) is 28.4 Å². The Kier molecular flexibility index (Phi) is 8.36. The lowest BCUT2D eigenvalue weighted by molar-refractivity contribution is -0.134. The van der Waals surface area contributed by atoms with E-state index in [2.05, 4.69) is 5.32 Å². The summed E-state index contributed by atoms with van der Waals surface area (Å²) < 4.78 is 5.06. The summed E-state index contributed by atoms with van der Waals surface area (Å²) >= 11 is 1.30. The van der Waals surface area contributed by atoms with E-state index in [4.69, 9.17) is 15.3 Å². The lowest BCUT2D eigenvalue weighted by Gasteiger charge is -2.20. The number of anilines is 1. The molecule has 0 radical (unpaired) electrons. The van der Waals surface area contributed by atoms with Crippen LogP contribution in [0.3, 0.4) is 0 Å². The van der Waals surface area contributed by atoms with Crippen molar-refractivity contribution in [3.8, 4) is 12.1 Å². The Morgan fingerprint density at radius 1 is 1.07 bits per heavy atom. The molecular weight excluding hydrogens is 392 g/mol. The molecule has 0 fully saturated rings. The second kappa shape index (κ2) is 11.2. The zero-order valence-corrected chi connectivity index (χ0v) is 16.3. The monoisotopic (exact) mass is 410 g/mol. The summed E-state index contributed by atoms with van der Waals surface area (Å²) in [7, 11) is 0.